The Morgan fingerprint density at radius 3 is 2.25 bits per heavy atom. The molecule has 1 rings (SSSR count). The van der Waals surface area contributed by atoms with Gasteiger partial charge in [-0.25, -0.2) is 0 Å². The van der Waals surface area contributed by atoms with E-state index in [9.17, 15) is 14.4 Å². The summed E-state index contributed by atoms with van der Waals surface area (Å²) in [6.45, 7) is 1.42. The van der Waals surface area contributed by atoms with Gasteiger partial charge < -0.3 is 5.11 Å². The Hall–Kier alpha value is -1.19. The zero-order chi connectivity index (χ0) is 12.2. The van der Waals surface area contributed by atoms with Crippen molar-refractivity contribution in [3.05, 3.63) is 0 Å². The molecule has 4 nitrogen and oxygen atoms in total. The van der Waals surface area contributed by atoms with E-state index < -0.39 is 5.97 Å². The van der Waals surface area contributed by atoms with Crippen molar-refractivity contribution in [2.75, 3.05) is 0 Å². The Kier molecular flexibility index (Phi) is 4.21. The zero-order valence-electron chi connectivity index (χ0n) is 9.62. The van der Waals surface area contributed by atoms with Crippen molar-refractivity contribution in [3.63, 3.8) is 0 Å². The van der Waals surface area contributed by atoms with Gasteiger partial charge in [0, 0.05) is 11.8 Å². The molecule has 4 heteroatoms. The highest BCUT2D eigenvalue weighted by Crippen LogP contribution is 2.46. The van der Waals surface area contributed by atoms with Crippen LogP contribution in [0.25, 0.3) is 0 Å². The van der Waals surface area contributed by atoms with Gasteiger partial charge in [-0.05, 0) is 32.6 Å². The fraction of sp³-hybridized carbons (Fsp3) is 0.750. The molecule has 1 aliphatic rings. The first-order chi connectivity index (χ1) is 7.46. The van der Waals surface area contributed by atoms with Gasteiger partial charge in [-0.15, -0.1) is 0 Å². The number of carboxylic acids is 1. The van der Waals surface area contributed by atoms with Gasteiger partial charge in [-0.1, -0.05) is 6.42 Å². The van der Waals surface area contributed by atoms with E-state index in [1.165, 1.54) is 6.92 Å². The molecule has 0 aliphatic heterocycles. The van der Waals surface area contributed by atoms with Gasteiger partial charge in [-0.3, -0.25) is 14.4 Å². The maximum atomic E-state index is 11.9. The van der Waals surface area contributed by atoms with Crippen molar-refractivity contribution in [2.24, 2.45) is 5.41 Å². The second-order valence-electron chi connectivity index (χ2n) is 4.68. The molecule has 1 saturated carbocycles. The molecule has 0 aromatic rings. The first-order valence-corrected chi connectivity index (χ1v) is 5.71. The van der Waals surface area contributed by atoms with Crippen LogP contribution in [-0.2, 0) is 14.4 Å². The summed E-state index contributed by atoms with van der Waals surface area (Å²) in [6, 6.07) is 0. The van der Waals surface area contributed by atoms with E-state index >= 15 is 0 Å². The van der Waals surface area contributed by atoms with E-state index in [0.717, 1.165) is 19.3 Å². The molecule has 0 radical (unpaired) electrons. The lowest BCUT2D eigenvalue weighted by Crippen LogP contribution is -2.38. The molecule has 0 heterocycles. The minimum atomic E-state index is -0.825. The lowest BCUT2D eigenvalue weighted by Gasteiger charge is -2.40. The summed E-state index contributed by atoms with van der Waals surface area (Å²) in [7, 11) is 0. The molecule has 1 N–H and O–H groups in total. The largest absolute Gasteiger partial charge is 0.481 e. The van der Waals surface area contributed by atoms with E-state index in [1.807, 2.05) is 0 Å². The predicted molar refractivity (Wildman–Crippen MR) is 58.1 cm³/mol. The summed E-state index contributed by atoms with van der Waals surface area (Å²) in [6.07, 6.45) is 3.90. The maximum absolute atomic E-state index is 11.9. The average Bonchev–Trinajstić information content (AvgIpc) is 2.07. The summed E-state index contributed by atoms with van der Waals surface area (Å²) >= 11 is 0. The summed E-state index contributed by atoms with van der Waals surface area (Å²) in [4.78, 5) is 33.2. The number of Topliss-reactive ketones (excluding diaryl/α,β-unsaturated/α-hetero) is 2. The van der Waals surface area contributed by atoms with Crippen molar-refractivity contribution in [3.8, 4) is 0 Å². The van der Waals surface area contributed by atoms with Crippen molar-refractivity contribution >= 4 is 17.5 Å². The van der Waals surface area contributed by atoms with Crippen LogP contribution in [0, 0.1) is 5.41 Å². The lowest BCUT2D eigenvalue weighted by atomic mass is 9.62. The monoisotopic (exact) mass is 226 g/mol. The number of hydrogen-bond donors (Lipinski definition) is 1. The van der Waals surface area contributed by atoms with Crippen LogP contribution < -0.4 is 0 Å². The molecular weight excluding hydrogens is 208 g/mol. The average molecular weight is 226 g/mol. The second kappa shape index (κ2) is 5.23. The highest BCUT2D eigenvalue weighted by atomic mass is 16.4. The molecule has 0 atom stereocenters. The van der Waals surface area contributed by atoms with Crippen LogP contribution >= 0.6 is 0 Å². The SMILES string of the molecule is CC(=O)CC(=O)C1(CCCC(=O)O)CCC1. The van der Waals surface area contributed by atoms with E-state index in [1.54, 1.807) is 0 Å². The number of carbonyl (C=O) groups excluding carboxylic acids is 2. The van der Waals surface area contributed by atoms with Gasteiger partial charge in [0.2, 0.25) is 0 Å². The molecule has 16 heavy (non-hydrogen) atoms. The first kappa shape index (κ1) is 12.9. The Morgan fingerprint density at radius 1 is 1.25 bits per heavy atom. The lowest BCUT2D eigenvalue weighted by molar-refractivity contribution is -0.140. The Labute approximate surface area is 95.0 Å². The van der Waals surface area contributed by atoms with Gasteiger partial charge in [0.05, 0.1) is 6.42 Å². The van der Waals surface area contributed by atoms with Crippen LogP contribution in [0.2, 0.25) is 0 Å². The molecule has 0 spiro atoms. The van der Waals surface area contributed by atoms with Crippen LogP contribution in [0.3, 0.4) is 0 Å². The van der Waals surface area contributed by atoms with Crippen LogP contribution in [0.1, 0.15) is 51.9 Å². The molecule has 0 amide bonds. The quantitative estimate of drug-likeness (QED) is 0.673. The number of hydrogen-bond acceptors (Lipinski definition) is 3. The fourth-order valence-corrected chi connectivity index (χ4v) is 2.26. The van der Waals surface area contributed by atoms with Gasteiger partial charge in [0.15, 0.2) is 0 Å². The number of ketones is 2. The first-order valence-electron chi connectivity index (χ1n) is 5.71. The molecule has 0 saturated heterocycles. The summed E-state index contributed by atoms with van der Waals surface area (Å²) in [5.41, 5.74) is -0.374. The molecule has 0 unspecified atom stereocenters. The summed E-state index contributed by atoms with van der Waals surface area (Å²) in [5, 5.41) is 8.55. The molecular formula is C12H18O4. The smallest absolute Gasteiger partial charge is 0.303 e. The Bertz CT molecular complexity index is 302. The Morgan fingerprint density at radius 2 is 1.88 bits per heavy atom. The topological polar surface area (TPSA) is 71.4 Å². The second-order valence-corrected chi connectivity index (χ2v) is 4.68. The van der Waals surface area contributed by atoms with Crippen molar-refractivity contribution in [1.82, 2.24) is 0 Å². The Balaban J connectivity index is 2.46. The maximum Gasteiger partial charge on any atom is 0.303 e. The minimum Gasteiger partial charge on any atom is -0.481 e. The number of carboxylic acid groups (broad SMARTS) is 1. The highest BCUT2D eigenvalue weighted by Gasteiger charge is 2.42. The van der Waals surface area contributed by atoms with Crippen molar-refractivity contribution in [1.29, 1.82) is 0 Å². The predicted octanol–water partition coefficient (Wildman–Crippen LogP) is 1.96. The van der Waals surface area contributed by atoms with Gasteiger partial charge >= 0.3 is 5.97 Å². The fourth-order valence-electron chi connectivity index (χ4n) is 2.26. The third-order valence-corrected chi connectivity index (χ3v) is 3.36. The summed E-state index contributed by atoms with van der Waals surface area (Å²) < 4.78 is 0. The van der Waals surface area contributed by atoms with E-state index in [0.29, 0.717) is 12.8 Å². The highest BCUT2D eigenvalue weighted by molar-refractivity contribution is 6.01. The van der Waals surface area contributed by atoms with Crippen LogP contribution in [0.15, 0.2) is 0 Å². The number of aliphatic carboxylic acids is 1. The third-order valence-electron chi connectivity index (χ3n) is 3.36. The third kappa shape index (κ3) is 3.15. The minimum absolute atomic E-state index is 0.00702. The summed E-state index contributed by atoms with van der Waals surface area (Å²) in [5.74, 6) is -0.917. The molecule has 0 aromatic carbocycles. The van der Waals surface area contributed by atoms with Gasteiger partial charge in [-0.2, -0.15) is 0 Å². The molecule has 90 valence electrons. The van der Waals surface area contributed by atoms with E-state index in [4.69, 9.17) is 5.11 Å². The standard InChI is InChI=1S/C12H18O4/c1-9(13)8-10(14)12(6-3-7-12)5-2-4-11(15)16/h2-8H2,1H3,(H,15,16). The van der Waals surface area contributed by atoms with Crippen molar-refractivity contribution in [2.45, 2.75) is 51.9 Å². The van der Waals surface area contributed by atoms with Crippen LogP contribution in [0.4, 0.5) is 0 Å². The zero-order valence-corrected chi connectivity index (χ0v) is 9.62. The van der Waals surface area contributed by atoms with E-state index in [2.05, 4.69) is 0 Å². The van der Waals surface area contributed by atoms with Gasteiger partial charge in [0.1, 0.15) is 11.6 Å². The normalized spacial score (nSPS) is 17.6. The van der Waals surface area contributed by atoms with E-state index in [-0.39, 0.29) is 29.8 Å². The van der Waals surface area contributed by atoms with Crippen molar-refractivity contribution < 1.29 is 19.5 Å². The van der Waals surface area contributed by atoms with Crippen LogP contribution in [-0.4, -0.2) is 22.6 Å². The number of rotatable bonds is 7. The van der Waals surface area contributed by atoms with Gasteiger partial charge in [0.25, 0.3) is 0 Å². The number of carbonyl (C=O) groups is 3. The molecule has 0 aromatic heterocycles. The van der Waals surface area contributed by atoms with Crippen LogP contribution in [0.5, 0.6) is 0 Å². The molecule has 0 bridgehead atoms. The molecule has 1 fully saturated rings. The molecule has 1 aliphatic carbocycles.